The number of halogens is 1. The lowest BCUT2D eigenvalue weighted by atomic mass is 9.61. The number of H-pyrrole nitrogens is 1. The van der Waals surface area contributed by atoms with Crippen molar-refractivity contribution >= 4 is 17.7 Å². The maximum Gasteiger partial charge on any atom is 0.315 e. The van der Waals surface area contributed by atoms with Crippen molar-refractivity contribution in [3.63, 3.8) is 0 Å². The van der Waals surface area contributed by atoms with E-state index in [1.165, 1.54) is 31.4 Å². The Morgan fingerprint density at radius 1 is 1.12 bits per heavy atom. The molecule has 0 spiro atoms. The van der Waals surface area contributed by atoms with Crippen LogP contribution in [0.25, 0.3) is 0 Å². The highest BCUT2D eigenvalue weighted by atomic mass is 19.1. The quantitative estimate of drug-likeness (QED) is 0.323. The molecule has 218 valence electrons. The van der Waals surface area contributed by atoms with Crippen LogP contribution in [0.5, 0.6) is 0 Å². The molecule has 1 saturated carbocycles. The average molecular weight is 554 g/mol. The number of amides is 3. The van der Waals surface area contributed by atoms with Crippen LogP contribution >= 0.6 is 0 Å². The number of Topliss-reactive ketones (excluding diaryl/α,β-unsaturated/α-hetero) is 1. The number of hydrogen-bond donors (Lipinski definition) is 3. The van der Waals surface area contributed by atoms with E-state index >= 15 is 0 Å². The molecule has 1 atom stereocenters. The minimum Gasteiger partial charge on any atom is -0.348 e. The molecule has 1 aromatic heterocycles. The first-order chi connectivity index (χ1) is 19.4. The molecule has 3 amide bonds. The molecule has 1 aromatic carbocycles. The first-order valence-electron chi connectivity index (χ1n) is 15.0. The molecule has 0 unspecified atom stereocenters. The van der Waals surface area contributed by atoms with Gasteiger partial charge in [-0.15, -0.1) is 0 Å². The number of likely N-dealkylation sites (tertiary alicyclic amines) is 1. The summed E-state index contributed by atoms with van der Waals surface area (Å²) in [5.74, 6) is 0.265. The zero-order chi connectivity index (χ0) is 28.4. The number of aromatic amines is 1. The van der Waals surface area contributed by atoms with Crippen LogP contribution in [-0.2, 0) is 22.4 Å². The van der Waals surface area contributed by atoms with Gasteiger partial charge >= 0.3 is 6.03 Å². The van der Waals surface area contributed by atoms with Crippen molar-refractivity contribution in [2.24, 2.45) is 11.3 Å². The van der Waals surface area contributed by atoms with Gasteiger partial charge in [0.15, 0.2) is 0 Å². The summed E-state index contributed by atoms with van der Waals surface area (Å²) in [6.45, 7) is 3.53. The molecule has 4 rings (SSSR count). The summed E-state index contributed by atoms with van der Waals surface area (Å²) in [7, 11) is 0. The lowest BCUT2D eigenvalue weighted by molar-refractivity contribution is -0.144. The number of imidazole rings is 1. The zero-order valence-electron chi connectivity index (χ0n) is 23.7. The Labute approximate surface area is 236 Å². The number of rotatable bonds is 12. The van der Waals surface area contributed by atoms with Crippen molar-refractivity contribution in [1.29, 1.82) is 0 Å². The molecule has 2 aromatic rings. The van der Waals surface area contributed by atoms with Gasteiger partial charge in [0.25, 0.3) is 0 Å². The molecule has 8 nitrogen and oxygen atoms in total. The summed E-state index contributed by atoms with van der Waals surface area (Å²) in [5.41, 5.74) is 1.43. The highest BCUT2D eigenvalue weighted by Gasteiger charge is 2.47. The van der Waals surface area contributed by atoms with Crippen LogP contribution in [0.4, 0.5) is 9.18 Å². The van der Waals surface area contributed by atoms with Crippen LogP contribution in [0.3, 0.4) is 0 Å². The van der Waals surface area contributed by atoms with Gasteiger partial charge in [0, 0.05) is 49.8 Å². The van der Waals surface area contributed by atoms with E-state index in [4.69, 9.17) is 0 Å². The van der Waals surface area contributed by atoms with Gasteiger partial charge in [-0.05, 0) is 68.6 Å². The molecule has 1 aliphatic heterocycles. The molecule has 0 radical (unpaired) electrons. The van der Waals surface area contributed by atoms with Crippen LogP contribution in [0.1, 0.15) is 82.4 Å². The molecule has 2 heterocycles. The second-order valence-corrected chi connectivity index (χ2v) is 11.5. The van der Waals surface area contributed by atoms with Crippen molar-refractivity contribution < 1.29 is 18.8 Å². The highest BCUT2D eigenvalue weighted by molar-refractivity contribution is 5.88. The van der Waals surface area contributed by atoms with Crippen LogP contribution in [-0.4, -0.2) is 58.3 Å². The Kier molecular flexibility index (Phi) is 10.7. The van der Waals surface area contributed by atoms with E-state index in [2.05, 4.69) is 27.5 Å². The molecule has 0 bridgehead atoms. The van der Waals surface area contributed by atoms with Crippen LogP contribution in [0.15, 0.2) is 36.8 Å². The summed E-state index contributed by atoms with van der Waals surface area (Å²) < 4.78 is 13.5. The number of benzene rings is 1. The number of aryl methyl sites for hydroxylation is 1. The fraction of sp³-hybridized carbons (Fsp3) is 0.613. The van der Waals surface area contributed by atoms with Crippen molar-refractivity contribution in [1.82, 2.24) is 25.5 Å². The van der Waals surface area contributed by atoms with E-state index in [1.807, 2.05) is 4.90 Å². The summed E-state index contributed by atoms with van der Waals surface area (Å²) in [6, 6.07) is 4.83. The minimum atomic E-state index is -0.786. The summed E-state index contributed by atoms with van der Waals surface area (Å²) >= 11 is 0. The second-order valence-electron chi connectivity index (χ2n) is 11.5. The van der Waals surface area contributed by atoms with E-state index in [9.17, 15) is 18.8 Å². The van der Waals surface area contributed by atoms with Crippen LogP contribution < -0.4 is 10.6 Å². The molecule has 40 heavy (non-hydrogen) atoms. The van der Waals surface area contributed by atoms with E-state index in [1.54, 1.807) is 24.7 Å². The molecule has 1 aliphatic carbocycles. The normalized spacial score (nSPS) is 18.2. The predicted molar refractivity (Wildman–Crippen MR) is 152 cm³/mol. The maximum atomic E-state index is 13.8. The van der Waals surface area contributed by atoms with Gasteiger partial charge in [0.05, 0.1) is 6.33 Å². The monoisotopic (exact) mass is 553 g/mol. The van der Waals surface area contributed by atoms with E-state index in [0.717, 1.165) is 43.4 Å². The van der Waals surface area contributed by atoms with E-state index < -0.39 is 12.1 Å². The SMILES string of the molecule is CCCC(=O)C1(C2CCCCC2)CCN(C(=O)[C@@H](Cc2ccc(F)cc2)NC(=O)NCCCc2cnc[nH]2)CC1. The number of hydrogen-bond acceptors (Lipinski definition) is 4. The Bertz CT molecular complexity index is 1090. The first kappa shape index (κ1) is 29.7. The first-order valence-corrected chi connectivity index (χ1v) is 15.0. The highest BCUT2D eigenvalue weighted by Crippen LogP contribution is 2.47. The standard InChI is InChI=1S/C31H44FN5O3/c1-2-7-28(38)31(24-8-4-3-5-9-24)15-18-37(19-16-31)29(39)27(20-23-11-13-25(32)14-12-23)36-30(40)34-17-6-10-26-21-33-22-35-26/h11-14,21-22,24,27H,2-10,15-20H2,1H3,(H,33,35)(H2,34,36,40)/t27-/m1/s1. The smallest absolute Gasteiger partial charge is 0.315 e. The summed E-state index contributed by atoms with van der Waals surface area (Å²) in [6.07, 6.45) is 13.7. The Morgan fingerprint density at radius 3 is 2.50 bits per heavy atom. The maximum absolute atomic E-state index is 13.8. The number of ketones is 1. The van der Waals surface area contributed by atoms with Gasteiger partial charge in [-0.2, -0.15) is 0 Å². The molecular weight excluding hydrogens is 509 g/mol. The lowest BCUT2D eigenvalue weighted by Gasteiger charge is -2.47. The molecular formula is C31H44FN5O3. The van der Waals surface area contributed by atoms with Gasteiger partial charge in [-0.3, -0.25) is 9.59 Å². The number of nitrogens with zero attached hydrogens (tertiary/aromatic N) is 2. The van der Waals surface area contributed by atoms with E-state index in [0.29, 0.717) is 50.6 Å². The summed E-state index contributed by atoms with van der Waals surface area (Å²) in [5, 5.41) is 5.73. The van der Waals surface area contributed by atoms with Gasteiger partial charge in [0.2, 0.25) is 5.91 Å². The van der Waals surface area contributed by atoms with Gasteiger partial charge in [-0.25, -0.2) is 14.2 Å². The number of nitrogens with one attached hydrogen (secondary N) is 3. The van der Waals surface area contributed by atoms with Crippen LogP contribution in [0, 0.1) is 17.2 Å². The van der Waals surface area contributed by atoms with Crippen LogP contribution in [0.2, 0.25) is 0 Å². The van der Waals surface area contributed by atoms with Gasteiger partial charge in [-0.1, -0.05) is 38.3 Å². The van der Waals surface area contributed by atoms with Crippen molar-refractivity contribution in [3.8, 4) is 0 Å². The largest absolute Gasteiger partial charge is 0.348 e. The molecule has 2 fully saturated rings. The topological polar surface area (TPSA) is 107 Å². The fourth-order valence-corrected chi connectivity index (χ4v) is 6.56. The third kappa shape index (κ3) is 7.70. The van der Waals surface area contributed by atoms with Crippen molar-refractivity contribution in [3.05, 3.63) is 53.9 Å². The van der Waals surface area contributed by atoms with Gasteiger partial charge in [0.1, 0.15) is 17.6 Å². The van der Waals surface area contributed by atoms with Gasteiger partial charge < -0.3 is 20.5 Å². The lowest BCUT2D eigenvalue weighted by Crippen LogP contribution is -2.56. The number of aromatic nitrogens is 2. The molecule has 3 N–H and O–H groups in total. The summed E-state index contributed by atoms with van der Waals surface area (Å²) in [4.78, 5) is 48.9. The van der Waals surface area contributed by atoms with E-state index in [-0.39, 0.29) is 23.6 Å². The molecule has 1 saturated heterocycles. The zero-order valence-corrected chi connectivity index (χ0v) is 23.7. The third-order valence-corrected chi connectivity index (χ3v) is 8.81. The van der Waals surface area contributed by atoms with Crippen molar-refractivity contribution in [2.45, 2.75) is 90.0 Å². The van der Waals surface area contributed by atoms with Crippen molar-refractivity contribution in [2.75, 3.05) is 19.6 Å². The number of carbonyl (C=O) groups is 3. The second kappa shape index (κ2) is 14.4. The Hall–Kier alpha value is -3.23. The number of carbonyl (C=O) groups excluding carboxylic acids is 3. The molecule has 2 aliphatic rings. The number of urea groups is 1. The Morgan fingerprint density at radius 2 is 1.85 bits per heavy atom. The molecule has 9 heteroatoms. The fourth-order valence-electron chi connectivity index (χ4n) is 6.56. The minimum absolute atomic E-state index is 0.155. The number of piperidine rings is 1. The third-order valence-electron chi connectivity index (χ3n) is 8.81. The Balaban J connectivity index is 1.40. The predicted octanol–water partition coefficient (Wildman–Crippen LogP) is 4.95. The average Bonchev–Trinajstić information content (AvgIpc) is 3.50.